The molecule has 4 rings (SSSR count). The number of hydrogen-bond acceptors (Lipinski definition) is 6. The van der Waals surface area contributed by atoms with Gasteiger partial charge in [-0.05, 0) is 42.9 Å². The Morgan fingerprint density at radius 3 is 2.77 bits per heavy atom. The number of aromatic hydroxyl groups is 1. The Morgan fingerprint density at radius 1 is 1.23 bits per heavy atom. The van der Waals surface area contributed by atoms with E-state index in [2.05, 4.69) is 32.2 Å². The summed E-state index contributed by atoms with van der Waals surface area (Å²) in [6.45, 7) is 2.62. The van der Waals surface area contributed by atoms with Gasteiger partial charge in [0.05, 0.1) is 23.8 Å². The van der Waals surface area contributed by atoms with E-state index in [1.54, 1.807) is 6.20 Å². The van der Waals surface area contributed by atoms with Crippen molar-refractivity contribution < 1.29 is 14.2 Å². The van der Waals surface area contributed by atoms with Crippen LogP contribution in [0.1, 0.15) is 41.1 Å². The van der Waals surface area contributed by atoms with Gasteiger partial charge < -0.3 is 20.1 Å². The average Bonchev–Trinajstić information content (AvgIpc) is 3.32. The number of nitrogens with one attached hydrogen (secondary N) is 2. The number of benzene rings is 1. The van der Waals surface area contributed by atoms with Crippen molar-refractivity contribution in [3.8, 4) is 17.6 Å². The predicted molar refractivity (Wildman–Crippen MR) is 130 cm³/mol. The summed E-state index contributed by atoms with van der Waals surface area (Å²) in [4.78, 5) is 18.3. The van der Waals surface area contributed by atoms with Gasteiger partial charge in [0.2, 0.25) is 5.75 Å². The molecular formula is C26H30FN5O3. The number of rotatable bonds is 9. The second-order valence-corrected chi connectivity index (χ2v) is 8.71. The topological polar surface area (TPSA) is 105 Å². The number of H-pyrrole nitrogens is 1. The summed E-state index contributed by atoms with van der Waals surface area (Å²) in [5, 5.41) is 17.6. The number of aromatic amines is 1. The summed E-state index contributed by atoms with van der Waals surface area (Å²) >= 11 is 0. The molecule has 1 saturated heterocycles. The second kappa shape index (κ2) is 12.3. The molecule has 1 unspecified atom stereocenters. The van der Waals surface area contributed by atoms with Crippen molar-refractivity contribution in [2.75, 3.05) is 33.0 Å². The minimum Gasteiger partial charge on any atom is -0.502 e. The fourth-order valence-electron chi connectivity index (χ4n) is 4.19. The molecule has 0 bridgehead atoms. The molecule has 1 aromatic carbocycles. The van der Waals surface area contributed by atoms with Crippen LogP contribution in [-0.4, -0.2) is 57.8 Å². The highest BCUT2D eigenvalue weighted by Crippen LogP contribution is 2.24. The molecule has 0 spiro atoms. The van der Waals surface area contributed by atoms with Gasteiger partial charge in [-0.3, -0.25) is 9.48 Å². The lowest BCUT2D eigenvalue weighted by molar-refractivity contribution is 0.0601. The zero-order valence-corrected chi connectivity index (χ0v) is 19.5. The normalized spacial score (nSPS) is 14.9. The summed E-state index contributed by atoms with van der Waals surface area (Å²) in [7, 11) is 0. The molecule has 9 heteroatoms. The van der Waals surface area contributed by atoms with Gasteiger partial charge >= 0.3 is 0 Å². The lowest BCUT2D eigenvalue weighted by atomic mass is 9.94. The molecule has 0 amide bonds. The highest BCUT2D eigenvalue weighted by atomic mass is 19.1. The Balaban J connectivity index is 1.40. The minimum atomic E-state index is -0.591. The maximum absolute atomic E-state index is 12.6. The highest BCUT2D eigenvalue weighted by Gasteiger charge is 2.19. The van der Waals surface area contributed by atoms with E-state index in [1.807, 2.05) is 35.1 Å². The summed E-state index contributed by atoms with van der Waals surface area (Å²) in [6, 6.07) is 7.80. The molecule has 0 radical (unpaired) electrons. The Morgan fingerprint density at radius 2 is 2.00 bits per heavy atom. The predicted octanol–water partition coefficient (Wildman–Crippen LogP) is 2.38. The molecule has 35 heavy (non-hydrogen) atoms. The monoisotopic (exact) mass is 479 g/mol. The Hall–Kier alpha value is -3.48. The third-order valence-corrected chi connectivity index (χ3v) is 6.11. The summed E-state index contributed by atoms with van der Waals surface area (Å²) in [6.07, 6.45) is 7.69. The maximum atomic E-state index is 12.6. The van der Waals surface area contributed by atoms with Gasteiger partial charge in [0.1, 0.15) is 6.67 Å². The molecule has 1 aliphatic heterocycles. The summed E-state index contributed by atoms with van der Waals surface area (Å²) in [5.74, 6) is 6.25. The fraction of sp³-hybridized carbons (Fsp3) is 0.423. The van der Waals surface area contributed by atoms with Crippen LogP contribution in [0.4, 0.5) is 4.39 Å². The van der Waals surface area contributed by atoms with Gasteiger partial charge in [-0.15, -0.1) is 0 Å². The number of nitrogens with zero attached hydrogens (tertiary/aromatic N) is 3. The Bertz CT molecular complexity index is 1210. The lowest BCUT2D eigenvalue weighted by Gasteiger charge is -2.21. The smallest absolute Gasteiger partial charge is 0.293 e. The Kier molecular flexibility index (Phi) is 8.65. The molecule has 1 aliphatic rings. The van der Waals surface area contributed by atoms with Gasteiger partial charge in [0, 0.05) is 50.5 Å². The fourth-order valence-corrected chi connectivity index (χ4v) is 4.19. The van der Waals surface area contributed by atoms with Gasteiger partial charge in [0.25, 0.3) is 5.56 Å². The van der Waals surface area contributed by atoms with Crippen LogP contribution in [0.3, 0.4) is 0 Å². The van der Waals surface area contributed by atoms with Crippen LogP contribution in [-0.2, 0) is 17.7 Å². The number of alkyl halides is 1. The zero-order chi connectivity index (χ0) is 24.5. The van der Waals surface area contributed by atoms with E-state index in [9.17, 15) is 14.3 Å². The van der Waals surface area contributed by atoms with E-state index in [-0.39, 0.29) is 12.5 Å². The first-order chi connectivity index (χ1) is 17.1. The van der Waals surface area contributed by atoms with Crippen molar-refractivity contribution in [3.63, 3.8) is 0 Å². The largest absolute Gasteiger partial charge is 0.502 e. The van der Waals surface area contributed by atoms with Crippen molar-refractivity contribution in [3.05, 3.63) is 75.7 Å². The van der Waals surface area contributed by atoms with Crippen LogP contribution >= 0.6 is 0 Å². The first kappa shape index (κ1) is 24.6. The van der Waals surface area contributed by atoms with Crippen LogP contribution in [0, 0.1) is 17.8 Å². The first-order valence-corrected chi connectivity index (χ1v) is 11.9. The maximum Gasteiger partial charge on any atom is 0.293 e. The van der Waals surface area contributed by atoms with Gasteiger partial charge in [0.15, 0.2) is 0 Å². The number of ether oxygens (including phenoxy) is 1. The molecule has 8 nitrogen and oxygen atoms in total. The average molecular weight is 480 g/mol. The SMILES string of the molecule is O=c1[nH]cnc(C(CNCCF)Cc2ccc(C#Cc3cnn(CC4CCOCC4)c3)cc2)c1O. The highest BCUT2D eigenvalue weighted by molar-refractivity contribution is 5.42. The van der Waals surface area contributed by atoms with Crippen LogP contribution in [0.2, 0.25) is 0 Å². The number of hydrogen-bond donors (Lipinski definition) is 3. The second-order valence-electron chi connectivity index (χ2n) is 8.71. The van der Waals surface area contributed by atoms with Gasteiger partial charge in [-0.25, -0.2) is 9.37 Å². The molecule has 3 aromatic rings. The molecule has 1 atom stereocenters. The molecule has 3 heterocycles. The molecule has 0 saturated carbocycles. The lowest BCUT2D eigenvalue weighted by Crippen LogP contribution is -2.26. The third kappa shape index (κ3) is 7.01. The van der Waals surface area contributed by atoms with E-state index in [0.29, 0.717) is 24.6 Å². The molecular weight excluding hydrogens is 449 g/mol. The standard InChI is InChI=1S/C26H30FN5O3/c27-9-10-28-15-23(24-25(33)26(34)30-18-29-24)13-20-4-1-19(2-5-20)3-6-22-14-31-32(17-22)16-21-7-11-35-12-8-21/h1-2,4-5,14,17-18,21,23,28,33H,7-13,15-16H2,(H,29,30,34). The van der Waals surface area contributed by atoms with Crippen molar-refractivity contribution in [2.45, 2.75) is 31.7 Å². The molecule has 1 fully saturated rings. The Labute approximate surface area is 203 Å². The molecule has 0 aliphatic carbocycles. The van der Waals surface area contributed by atoms with Crippen molar-refractivity contribution in [2.24, 2.45) is 5.92 Å². The van der Waals surface area contributed by atoms with E-state index in [1.165, 1.54) is 6.33 Å². The summed E-state index contributed by atoms with van der Waals surface area (Å²) < 4.78 is 19.9. The van der Waals surface area contributed by atoms with Crippen LogP contribution in [0.15, 0.2) is 47.8 Å². The van der Waals surface area contributed by atoms with Gasteiger partial charge in [-0.1, -0.05) is 24.0 Å². The van der Waals surface area contributed by atoms with Crippen molar-refractivity contribution in [1.82, 2.24) is 25.1 Å². The van der Waals surface area contributed by atoms with E-state index < -0.39 is 18.0 Å². The van der Waals surface area contributed by atoms with E-state index in [0.717, 1.165) is 49.3 Å². The molecule has 184 valence electrons. The van der Waals surface area contributed by atoms with Crippen molar-refractivity contribution >= 4 is 0 Å². The van der Waals surface area contributed by atoms with Crippen LogP contribution in [0.5, 0.6) is 5.75 Å². The quantitative estimate of drug-likeness (QED) is 0.322. The number of halogens is 1. The first-order valence-electron chi connectivity index (χ1n) is 11.9. The third-order valence-electron chi connectivity index (χ3n) is 6.11. The number of aromatic nitrogens is 4. The van der Waals surface area contributed by atoms with Gasteiger partial charge in [-0.2, -0.15) is 5.10 Å². The van der Waals surface area contributed by atoms with E-state index in [4.69, 9.17) is 4.74 Å². The van der Waals surface area contributed by atoms with Crippen molar-refractivity contribution in [1.29, 1.82) is 0 Å². The van der Waals surface area contributed by atoms with Crippen LogP contribution < -0.4 is 10.9 Å². The van der Waals surface area contributed by atoms with E-state index >= 15 is 0 Å². The molecule has 2 aromatic heterocycles. The zero-order valence-electron chi connectivity index (χ0n) is 19.5. The van der Waals surface area contributed by atoms with Crippen LogP contribution in [0.25, 0.3) is 0 Å². The summed E-state index contributed by atoms with van der Waals surface area (Å²) in [5.41, 5.74) is 2.44. The minimum absolute atomic E-state index is 0.195. The molecule has 3 N–H and O–H groups in total.